The lowest BCUT2D eigenvalue weighted by Crippen LogP contribution is -2.39. The first-order valence-electron chi connectivity index (χ1n) is 9.44. The highest BCUT2D eigenvalue weighted by molar-refractivity contribution is 14.0. The van der Waals surface area contributed by atoms with Crippen LogP contribution in [0.15, 0.2) is 29.5 Å². The zero-order valence-electron chi connectivity index (χ0n) is 15.7. The maximum absolute atomic E-state index is 4.71. The van der Waals surface area contributed by atoms with E-state index in [9.17, 15) is 0 Å². The lowest BCUT2D eigenvalue weighted by molar-refractivity contribution is 0.160. The molecule has 1 saturated heterocycles. The highest BCUT2D eigenvalue weighted by Gasteiger charge is 2.16. The first kappa shape index (κ1) is 22.2. The van der Waals surface area contributed by atoms with Crippen LogP contribution in [0.25, 0.3) is 0 Å². The number of pyridine rings is 1. The summed E-state index contributed by atoms with van der Waals surface area (Å²) in [5.74, 6) is 0.924. The number of aliphatic imine (C=N–C) groups is 1. The minimum absolute atomic E-state index is 0. The number of guanidine groups is 1. The van der Waals surface area contributed by atoms with Crippen molar-refractivity contribution < 1.29 is 0 Å². The summed E-state index contributed by atoms with van der Waals surface area (Å²) in [6.45, 7) is 9.53. The number of likely N-dealkylation sites (tertiary alicyclic amines) is 1. The van der Waals surface area contributed by atoms with Crippen LogP contribution in [-0.4, -0.2) is 54.6 Å². The molecule has 142 valence electrons. The molecule has 1 aromatic heterocycles. The van der Waals surface area contributed by atoms with Gasteiger partial charge in [-0.3, -0.25) is 9.98 Å². The third kappa shape index (κ3) is 8.85. The summed E-state index contributed by atoms with van der Waals surface area (Å²) >= 11 is 0. The highest BCUT2D eigenvalue weighted by Crippen LogP contribution is 2.16. The predicted octanol–water partition coefficient (Wildman–Crippen LogP) is 3.06. The Hall–Kier alpha value is -0.890. The Labute approximate surface area is 170 Å². The molecule has 1 aliphatic heterocycles. The van der Waals surface area contributed by atoms with Crippen LogP contribution in [0, 0.1) is 0 Å². The van der Waals surface area contributed by atoms with Gasteiger partial charge in [-0.1, -0.05) is 12.5 Å². The van der Waals surface area contributed by atoms with Gasteiger partial charge in [0.05, 0.1) is 0 Å². The average Bonchev–Trinajstić information content (AvgIpc) is 2.61. The topological polar surface area (TPSA) is 52.6 Å². The first-order valence-corrected chi connectivity index (χ1v) is 9.44. The molecule has 5 nitrogen and oxygen atoms in total. The minimum Gasteiger partial charge on any atom is -0.357 e. The predicted molar refractivity (Wildman–Crippen MR) is 117 cm³/mol. The minimum atomic E-state index is 0. The van der Waals surface area contributed by atoms with Crippen LogP contribution >= 0.6 is 24.0 Å². The van der Waals surface area contributed by atoms with Crippen LogP contribution in [0.2, 0.25) is 0 Å². The third-order valence-electron chi connectivity index (χ3n) is 4.59. The van der Waals surface area contributed by atoms with E-state index in [1.54, 1.807) is 0 Å². The molecule has 2 N–H and O–H groups in total. The van der Waals surface area contributed by atoms with E-state index in [2.05, 4.69) is 40.4 Å². The molecule has 0 radical (unpaired) electrons. The van der Waals surface area contributed by atoms with Crippen molar-refractivity contribution in [3.05, 3.63) is 30.1 Å². The summed E-state index contributed by atoms with van der Waals surface area (Å²) in [6, 6.07) is 4.84. The van der Waals surface area contributed by atoms with Gasteiger partial charge in [0, 0.05) is 44.6 Å². The summed E-state index contributed by atoms with van der Waals surface area (Å²) in [7, 11) is 0. The summed E-state index contributed by atoms with van der Waals surface area (Å²) < 4.78 is 0. The molecule has 1 aromatic rings. The molecule has 1 fully saturated rings. The number of hydrogen-bond acceptors (Lipinski definition) is 3. The fourth-order valence-electron chi connectivity index (χ4n) is 3.17. The van der Waals surface area contributed by atoms with Crippen molar-refractivity contribution >= 4 is 29.9 Å². The van der Waals surface area contributed by atoms with Crippen LogP contribution in [-0.2, 0) is 6.42 Å². The Morgan fingerprint density at radius 1 is 1.36 bits per heavy atom. The SMILES string of the molecule is CCNC(=NCCCN1CCCCC1C)NCCc1cccnc1.I. The van der Waals surface area contributed by atoms with Crippen molar-refractivity contribution in [3.63, 3.8) is 0 Å². The van der Waals surface area contributed by atoms with Crippen molar-refractivity contribution in [2.24, 2.45) is 4.99 Å². The lowest BCUT2D eigenvalue weighted by Gasteiger charge is -2.33. The molecule has 2 rings (SSSR count). The molecule has 1 atom stereocenters. The molecular weight excluding hydrogens is 425 g/mol. The molecule has 0 amide bonds. The van der Waals surface area contributed by atoms with E-state index in [0.717, 1.165) is 44.5 Å². The molecule has 0 bridgehead atoms. The van der Waals surface area contributed by atoms with Gasteiger partial charge in [-0.25, -0.2) is 0 Å². The Morgan fingerprint density at radius 3 is 2.96 bits per heavy atom. The Balaban J connectivity index is 0.00000312. The fraction of sp³-hybridized carbons (Fsp3) is 0.684. The number of aromatic nitrogens is 1. The Morgan fingerprint density at radius 2 is 2.24 bits per heavy atom. The monoisotopic (exact) mass is 459 g/mol. The van der Waals surface area contributed by atoms with Crippen molar-refractivity contribution in [2.45, 2.75) is 52.0 Å². The van der Waals surface area contributed by atoms with Gasteiger partial charge in [-0.2, -0.15) is 0 Å². The van der Waals surface area contributed by atoms with Crippen molar-refractivity contribution in [2.75, 3.05) is 32.7 Å². The van der Waals surface area contributed by atoms with Crippen molar-refractivity contribution in [1.82, 2.24) is 20.5 Å². The Kier molecular flexibility index (Phi) is 11.8. The second-order valence-corrected chi connectivity index (χ2v) is 6.53. The molecular formula is C19H34IN5. The van der Waals surface area contributed by atoms with Crippen LogP contribution < -0.4 is 10.6 Å². The maximum Gasteiger partial charge on any atom is 0.191 e. The number of piperidine rings is 1. The molecule has 25 heavy (non-hydrogen) atoms. The molecule has 0 spiro atoms. The van der Waals surface area contributed by atoms with Gasteiger partial charge in [0.1, 0.15) is 0 Å². The van der Waals surface area contributed by atoms with Gasteiger partial charge in [0.2, 0.25) is 0 Å². The van der Waals surface area contributed by atoms with Gasteiger partial charge < -0.3 is 15.5 Å². The highest BCUT2D eigenvalue weighted by atomic mass is 127. The number of nitrogens with zero attached hydrogens (tertiary/aromatic N) is 3. The summed E-state index contributed by atoms with van der Waals surface area (Å²) in [6.07, 6.45) is 9.92. The summed E-state index contributed by atoms with van der Waals surface area (Å²) in [5.41, 5.74) is 1.25. The standard InChI is InChI=1S/C19H33N5.HI/c1-3-21-19(23-13-10-18-9-6-11-20-16-18)22-12-7-15-24-14-5-4-8-17(24)2;/h6,9,11,16-17H,3-5,7-8,10,12-15H2,1-2H3,(H2,21,22,23);1H. The molecule has 0 saturated carbocycles. The second-order valence-electron chi connectivity index (χ2n) is 6.53. The van der Waals surface area contributed by atoms with E-state index in [1.807, 2.05) is 18.5 Å². The van der Waals surface area contributed by atoms with Crippen LogP contribution in [0.5, 0.6) is 0 Å². The van der Waals surface area contributed by atoms with Crippen LogP contribution in [0.3, 0.4) is 0 Å². The zero-order chi connectivity index (χ0) is 17.0. The largest absolute Gasteiger partial charge is 0.357 e. The number of halogens is 1. The summed E-state index contributed by atoms with van der Waals surface area (Å²) in [4.78, 5) is 11.5. The van der Waals surface area contributed by atoms with E-state index in [0.29, 0.717) is 0 Å². The normalized spacial score (nSPS) is 18.5. The summed E-state index contributed by atoms with van der Waals surface area (Å²) in [5, 5.41) is 6.74. The lowest BCUT2D eigenvalue weighted by atomic mass is 10.0. The maximum atomic E-state index is 4.71. The van der Waals surface area contributed by atoms with E-state index in [4.69, 9.17) is 4.99 Å². The molecule has 0 aliphatic carbocycles. The number of nitrogens with one attached hydrogen (secondary N) is 2. The van der Waals surface area contributed by atoms with Crippen LogP contribution in [0.4, 0.5) is 0 Å². The van der Waals surface area contributed by atoms with Crippen molar-refractivity contribution in [3.8, 4) is 0 Å². The van der Waals surface area contributed by atoms with Gasteiger partial charge in [0.25, 0.3) is 0 Å². The molecule has 2 heterocycles. The molecule has 0 aromatic carbocycles. The van der Waals surface area contributed by atoms with E-state index in [-0.39, 0.29) is 24.0 Å². The average molecular weight is 459 g/mol. The first-order chi connectivity index (χ1) is 11.8. The molecule has 6 heteroatoms. The second kappa shape index (κ2) is 13.3. The Bertz CT molecular complexity index is 480. The van der Waals surface area contributed by atoms with E-state index < -0.39 is 0 Å². The zero-order valence-corrected chi connectivity index (χ0v) is 18.0. The van der Waals surface area contributed by atoms with Gasteiger partial charge in [0.15, 0.2) is 5.96 Å². The van der Waals surface area contributed by atoms with Gasteiger partial charge in [-0.15, -0.1) is 24.0 Å². The number of hydrogen-bond donors (Lipinski definition) is 2. The third-order valence-corrected chi connectivity index (χ3v) is 4.59. The van der Waals surface area contributed by atoms with Crippen molar-refractivity contribution in [1.29, 1.82) is 0 Å². The molecule has 1 aliphatic rings. The number of rotatable bonds is 8. The van der Waals surface area contributed by atoms with Gasteiger partial charge in [-0.05, 0) is 57.7 Å². The van der Waals surface area contributed by atoms with E-state index >= 15 is 0 Å². The van der Waals surface area contributed by atoms with E-state index in [1.165, 1.54) is 37.9 Å². The molecule has 1 unspecified atom stereocenters. The quantitative estimate of drug-likeness (QED) is 0.272. The fourth-order valence-corrected chi connectivity index (χ4v) is 3.17. The van der Waals surface area contributed by atoms with Crippen LogP contribution in [0.1, 0.15) is 45.1 Å². The smallest absolute Gasteiger partial charge is 0.191 e. The van der Waals surface area contributed by atoms with Gasteiger partial charge >= 0.3 is 0 Å².